The molecule has 0 aliphatic carbocycles. The Bertz CT molecular complexity index is 1600. The van der Waals surface area contributed by atoms with E-state index in [1.807, 2.05) is 18.2 Å². The molecule has 0 spiro atoms. The molecule has 0 unspecified atom stereocenters. The van der Waals surface area contributed by atoms with Gasteiger partial charge in [-0.25, -0.2) is 9.78 Å². The molecular formula is C25H18N2O7. The van der Waals surface area contributed by atoms with Gasteiger partial charge in [0.1, 0.15) is 12.4 Å². The number of ether oxygens (including phenoxy) is 3. The molecule has 0 bridgehead atoms. The maximum Gasteiger partial charge on any atom is 0.343 e. The van der Waals surface area contributed by atoms with E-state index in [2.05, 4.69) is 0 Å². The van der Waals surface area contributed by atoms with Crippen LogP contribution in [0.3, 0.4) is 0 Å². The van der Waals surface area contributed by atoms with Crippen molar-refractivity contribution in [3.05, 3.63) is 63.6 Å². The molecule has 6 heterocycles. The van der Waals surface area contributed by atoms with Gasteiger partial charge in [-0.05, 0) is 30.7 Å². The van der Waals surface area contributed by atoms with Gasteiger partial charge in [0, 0.05) is 28.1 Å². The number of cyclic esters (lactones) is 1. The SMILES string of the molecule is CC[C@@]1(O)C(=O)OCc2c1cc1n(c2=O)Cc2c-1nc1cc3c(cc1c2-c1ccco1)OCO3. The average Bonchev–Trinajstić information content (AvgIpc) is 3.59. The number of furan rings is 1. The predicted molar refractivity (Wildman–Crippen MR) is 118 cm³/mol. The fourth-order valence-corrected chi connectivity index (χ4v) is 5.17. The summed E-state index contributed by atoms with van der Waals surface area (Å²) in [6, 6.07) is 9.05. The van der Waals surface area contributed by atoms with Crippen molar-refractivity contribution in [1.29, 1.82) is 0 Å². The Kier molecular flexibility index (Phi) is 3.69. The van der Waals surface area contributed by atoms with Gasteiger partial charge in [0.15, 0.2) is 17.1 Å². The number of aliphatic hydroxyl groups is 1. The van der Waals surface area contributed by atoms with Crippen LogP contribution in [-0.2, 0) is 28.3 Å². The Hall–Kier alpha value is -4.11. The van der Waals surface area contributed by atoms with Gasteiger partial charge in [0.2, 0.25) is 6.79 Å². The highest BCUT2D eigenvalue weighted by atomic mass is 16.7. The number of pyridine rings is 2. The Labute approximate surface area is 192 Å². The molecule has 0 radical (unpaired) electrons. The van der Waals surface area contributed by atoms with Crippen LogP contribution in [0.1, 0.15) is 30.0 Å². The van der Waals surface area contributed by atoms with Crippen molar-refractivity contribution in [2.45, 2.75) is 32.1 Å². The summed E-state index contributed by atoms with van der Waals surface area (Å²) in [7, 11) is 0. The van der Waals surface area contributed by atoms with Crippen molar-refractivity contribution in [3.63, 3.8) is 0 Å². The maximum absolute atomic E-state index is 13.5. The van der Waals surface area contributed by atoms with E-state index in [1.54, 1.807) is 29.9 Å². The van der Waals surface area contributed by atoms with Crippen LogP contribution in [0.4, 0.5) is 0 Å². The normalized spacial score (nSPS) is 19.6. The first-order chi connectivity index (χ1) is 16.5. The van der Waals surface area contributed by atoms with Gasteiger partial charge in [0.05, 0.1) is 35.3 Å². The molecule has 3 aromatic heterocycles. The number of rotatable bonds is 2. The first-order valence-corrected chi connectivity index (χ1v) is 11.0. The number of hydrogen-bond acceptors (Lipinski definition) is 8. The number of hydrogen-bond donors (Lipinski definition) is 1. The number of fused-ring (bicyclic) bond motifs is 6. The second-order valence-electron chi connectivity index (χ2n) is 8.62. The largest absolute Gasteiger partial charge is 0.464 e. The smallest absolute Gasteiger partial charge is 0.343 e. The lowest BCUT2D eigenvalue weighted by Crippen LogP contribution is -2.44. The molecule has 34 heavy (non-hydrogen) atoms. The van der Waals surface area contributed by atoms with Crippen molar-refractivity contribution in [2.24, 2.45) is 0 Å². The first kappa shape index (κ1) is 19.4. The van der Waals surface area contributed by atoms with Crippen molar-refractivity contribution in [3.8, 4) is 34.2 Å². The quantitative estimate of drug-likeness (QED) is 0.402. The lowest BCUT2D eigenvalue weighted by Gasteiger charge is -2.31. The van der Waals surface area contributed by atoms with Crippen molar-refractivity contribution < 1.29 is 28.5 Å². The second kappa shape index (κ2) is 6.48. The zero-order valence-corrected chi connectivity index (χ0v) is 18.1. The summed E-state index contributed by atoms with van der Waals surface area (Å²) in [5.41, 5.74) is 1.77. The molecule has 0 fully saturated rings. The van der Waals surface area contributed by atoms with Crippen molar-refractivity contribution in [2.75, 3.05) is 6.79 Å². The van der Waals surface area contributed by atoms with Crippen LogP contribution in [0.25, 0.3) is 33.6 Å². The van der Waals surface area contributed by atoms with Crippen molar-refractivity contribution >= 4 is 16.9 Å². The predicted octanol–water partition coefficient (Wildman–Crippen LogP) is 3.07. The van der Waals surface area contributed by atoms with Crippen LogP contribution in [0, 0.1) is 0 Å². The van der Waals surface area contributed by atoms with E-state index < -0.39 is 11.6 Å². The van der Waals surface area contributed by atoms with E-state index in [1.165, 1.54) is 0 Å². The fraction of sp³-hybridized carbons (Fsp3) is 0.240. The third-order valence-corrected chi connectivity index (χ3v) is 6.95. The standard InChI is InChI=1S/C25H18N2O7/c1-2-25(30)15-7-17-22-13(9-27(17)23(28)14(15)10-32-24(25)29)21(18-4-3-5-31-18)12-6-19-20(34-11-33-19)8-16(12)26-22/h3-8,30H,2,9-11H2,1H3/t25-/m0/s1. The van der Waals surface area contributed by atoms with Gasteiger partial charge in [-0.3, -0.25) is 4.79 Å². The van der Waals surface area contributed by atoms with Gasteiger partial charge < -0.3 is 28.3 Å². The molecule has 0 saturated carbocycles. The van der Waals surface area contributed by atoms with Crippen LogP contribution >= 0.6 is 0 Å². The summed E-state index contributed by atoms with van der Waals surface area (Å²) in [4.78, 5) is 30.8. The molecule has 1 N–H and O–H groups in total. The number of nitrogens with zero attached hydrogens (tertiary/aromatic N) is 2. The number of esters is 1. The minimum Gasteiger partial charge on any atom is -0.464 e. The van der Waals surface area contributed by atoms with E-state index in [0.717, 1.165) is 16.5 Å². The zero-order chi connectivity index (χ0) is 23.2. The van der Waals surface area contributed by atoms with Crippen LogP contribution in [0.5, 0.6) is 11.5 Å². The molecule has 4 aromatic rings. The topological polar surface area (TPSA) is 113 Å². The molecule has 1 aromatic carbocycles. The van der Waals surface area contributed by atoms with E-state index in [9.17, 15) is 14.7 Å². The number of carbonyl (C=O) groups is 1. The Balaban J connectivity index is 1.56. The summed E-state index contributed by atoms with van der Waals surface area (Å²) in [5.74, 6) is 1.10. The van der Waals surface area contributed by atoms with Crippen LogP contribution in [0.2, 0.25) is 0 Å². The number of benzene rings is 1. The van der Waals surface area contributed by atoms with Gasteiger partial charge in [-0.15, -0.1) is 0 Å². The molecule has 0 amide bonds. The molecular weight excluding hydrogens is 440 g/mol. The molecule has 9 heteroatoms. The maximum atomic E-state index is 13.5. The summed E-state index contributed by atoms with van der Waals surface area (Å²) in [5, 5.41) is 11.9. The van der Waals surface area contributed by atoms with Crippen LogP contribution in [0.15, 0.2) is 45.8 Å². The van der Waals surface area contributed by atoms with E-state index in [4.69, 9.17) is 23.6 Å². The number of carbonyl (C=O) groups excluding carboxylic acids is 1. The van der Waals surface area contributed by atoms with E-state index >= 15 is 0 Å². The van der Waals surface area contributed by atoms with E-state index in [-0.39, 0.29) is 43.1 Å². The summed E-state index contributed by atoms with van der Waals surface area (Å²) in [6.07, 6.45) is 1.68. The number of aromatic nitrogens is 2. The van der Waals surface area contributed by atoms with Crippen molar-refractivity contribution in [1.82, 2.24) is 9.55 Å². The Morgan fingerprint density at radius 3 is 2.71 bits per heavy atom. The highest BCUT2D eigenvalue weighted by molar-refractivity contribution is 6.00. The van der Waals surface area contributed by atoms with Crippen LogP contribution in [-0.4, -0.2) is 27.4 Å². The molecule has 3 aliphatic rings. The molecule has 0 saturated heterocycles. The summed E-state index contributed by atoms with van der Waals surface area (Å²) < 4.78 is 23.7. The molecule has 7 rings (SSSR count). The molecule has 3 aliphatic heterocycles. The fourth-order valence-electron chi connectivity index (χ4n) is 5.17. The van der Waals surface area contributed by atoms with Crippen LogP contribution < -0.4 is 15.0 Å². The molecule has 9 nitrogen and oxygen atoms in total. The molecule has 170 valence electrons. The highest BCUT2D eigenvalue weighted by Gasteiger charge is 2.45. The summed E-state index contributed by atoms with van der Waals surface area (Å²) in [6.45, 7) is 1.91. The highest BCUT2D eigenvalue weighted by Crippen LogP contribution is 2.46. The lowest BCUT2D eigenvalue weighted by atomic mass is 9.86. The Morgan fingerprint density at radius 1 is 1.12 bits per heavy atom. The summed E-state index contributed by atoms with van der Waals surface area (Å²) >= 11 is 0. The Morgan fingerprint density at radius 2 is 1.94 bits per heavy atom. The van der Waals surface area contributed by atoms with Gasteiger partial charge in [-0.1, -0.05) is 6.92 Å². The van der Waals surface area contributed by atoms with Gasteiger partial charge in [-0.2, -0.15) is 0 Å². The van der Waals surface area contributed by atoms with Gasteiger partial charge >= 0.3 is 5.97 Å². The van der Waals surface area contributed by atoms with Gasteiger partial charge in [0.25, 0.3) is 5.56 Å². The second-order valence-corrected chi connectivity index (χ2v) is 8.62. The third kappa shape index (κ3) is 2.34. The zero-order valence-electron chi connectivity index (χ0n) is 18.1. The lowest BCUT2D eigenvalue weighted by molar-refractivity contribution is -0.172. The minimum atomic E-state index is -1.88. The first-order valence-electron chi connectivity index (χ1n) is 11.0. The monoisotopic (exact) mass is 458 g/mol. The minimum absolute atomic E-state index is 0.0842. The third-order valence-electron chi connectivity index (χ3n) is 6.95. The average molecular weight is 458 g/mol. The molecule has 1 atom stereocenters. The van der Waals surface area contributed by atoms with E-state index in [0.29, 0.717) is 34.2 Å².